The van der Waals surface area contributed by atoms with Crippen LogP contribution in [-0.2, 0) is 13.5 Å². The topological polar surface area (TPSA) is 65.3 Å². The first-order valence-electron chi connectivity index (χ1n) is 7.46. The lowest BCUT2D eigenvalue weighted by atomic mass is 10.1. The largest absolute Gasteiger partial charge is 0.333 e. The molecule has 5 nitrogen and oxygen atoms in total. The molecule has 22 heavy (non-hydrogen) atoms. The fourth-order valence-electron chi connectivity index (χ4n) is 2.61. The van der Waals surface area contributed by atoms with E-state index in [-0.39, 0.29) is 5.56 Å². The van der Waals surface area contributed by atoms with E-state index in [1.165, 1.54) is 10.1 Å². The number of hydrogen-bond acceptors (Lipinski definition) is 3. The monoisotopic (exact) mass is 296 g/mol. The summed E-state index contributed by atoms with van der Waals surface area (Å²) in [6, 6.07) is 11.7. The van der Waals surface area contributed by atoms with Crippen molar-refractivity contribution >= 4 is 5.65 Å². The average molecular weight is 296 g/mol. The van der Waals surface area contributed by atoms with Crippen LogP contribution in [0.5, 0.6) is 0 Å². The molecule has 0 atom stereocenters. The molecule has 0 aliphatic carbocycles. The molecule has 2 N–H and O–H groups in total. The van der Waals surface area contributed by atoms with Gasteiger partial charge in [-0.3, -0.25) is 4.79 Å². The lowest BCUT2D eigenvalue weighted by Crippen LogP contribution is -2.20. The molecule has 0 aliphatic rings. The van der Waals surface area contributed by atoms with Crippen molar-refractivity contribution in [1.82, 2.24) is 14.2 Å². The zero-order valence-electron chi connectivity index (χ0n) is 12.9. The van der Waals surface area contributed by atoms with E-state index >= 15 is 0 Å². The Hall–Kier alpha value is -2.40. The minimum atomic E-state index is -0.0986. The van der Waals surface area contributed by atoms with Crippen molar-refractivity contribution in [2.24, 2.45) is 12.8 Å². The third kappa shape index (κ3) is 2.55. The molecule has 2 heterocycles. The molecule has 5 heteroatoms. The van der Waals surface area contributed by atoms with Crippen LogP contribution in [0.15, 0.2) is 41.2 Å². The highest BCUT2D eigenvalue weighted by Crippen LogP contribution is 2.20. The highest BCUT2D eigenvalue weighted by atomic mass is 16.1. The van der Waals surface area contributed by atoms with Gasteiger partial charge in [-0.05, 0) is 26.3 Å². The first-order valence-corrected chi connectivity index (χ1v) is 7.46. The van der Waals surface area contributed by atoms with E-state index < -0.39 is 0 Å². The van der Waals surface area contributed by atoms with E-state index in [1.54, 1.807) is 6.07 Å². The van der Waals surface area contributed by atoms with Gasteiger partial charge in [-0.15, -0.1) is 0 Å². The Kier molecular flexibility index (Phi) is 3.81. The predicted molar refractivity (Wildman–Crippen MR) is 88.0 cm³/mol. The van der Waals surface area contributed by atoms with Gasteiger partial charge in [-0.25, -0.2) is 0 Å². The number of fused-ring (bicyclic) bond motifs is 1. The first kappa shape index (κ1) is 14.5. The Morgan fingerprint density at radius 2 is 1.91 bits per heavy atom. The second-order valence-corrected chi connectivity index (χ2v) is 5.59. The SMILES string of the molecule is Cc1ccc(-c2cc3n(C)c(CCCN)cc(=O)n3n2)cc1. The lowest BCUT2D eigenvalue weighted by molar-refractivity contribution is 0.725. The number of aryl methyl sites for hydroxylation is 3. The molecule has 0 saturated carbocycles. The zero-order valence-corrected chi connectivity index (χ0v) is 12.9. The van der Waals surface area contributed by atoms with Crippen LogP contribution in [0.1, 0.15) is 17.7 Å². The first-order chi connectivity index (χ1) is 10.6. The van der Waals surface area contributed by atoms with Crippen LogP contribution in [0.4, 0.5) is 0 Å². The summed E-state index contributed by atoms with van der Waals surface area (Å²) in [7, 11) is 1.96. The highest BCUT2D eigenvalue weighted by Gasteiger charge is 2.11. The Bertz CT molecular complexity index is 859. The Labute approximate surface area is 129 Å². The normalized spacial score (nSPS) is 11.2. The van der Waals surface area contributed by atoms with Crippen molar-refractivity contribution in [3.63, 3.8) is 0 Å². The molecule has 3 aromatic rings. The molecule has 0 saturated heterocycles. The summed E-state index contributed by atoms with van der Waals surface area (Å²) in [6.45, 7) is 2.67. The summed E-state index contributed by atoms with van der Waals surface area (Å²) in [6.07, 6.45) is 1.66. The van der Waals surface area contributed by atoms with Crippen molar-refractivity contribution in [3.8, 4) is 11.3 Å². The Morgan fingerprint density at radius 3 is 2.59 bits per heavy atom. The maximum absolute atomic E-state index is 12.3. The third-order valence-corrected chi connectivity index (χ3v) is 3.95. The molecule has 114 valence electrons. The molecule has 0 fully saturated rings. The number of benzene rings is 1. The van der Waals surface area contributed by atoms with E-state index in [1.807, 2.05) is 48.9 Å². The van der Waals surface area contributed by atoms with Crippen LogP contribution < -0.4 is 11.3 Å². The molecular formula is C17H20N4O. The van der Waals surface area contributed by atoms with Crippen molar-refractivity contribution in [3.05, 3.63) is 58.0 Å². The van der Waals surface area contributed by atoms with Gasteiger partial charge in [0.1, 0.15) is 5.65 Å². The molecule has 0 unspecified atom stereocenters. The van der Waals surface area contributed by atoms with Gasteiger partial charge in [0.2, 0.25) is 0 Å². The highest BCUT2D eigenvalue weighted by molar-refractivity contribution is 5.64. The number of aromatic nitrogens is 3. The molecule has 0 radical (unpaired) electrons. The number of rotatable bonds is 4. The molecule has 0 spiro atoms. The minimum Gasteiger partial charge on any atom is -0.333 e. The van der Waals surface area contributed by atoms with Gasteiger partial charge in [0.15, 0.2) is 0 Å². The predicted octanol–water partition coefficient (Wildman–Crippen LogP) is 1.90. The van der Waals surface area contributed by atoms with Gasteiger partial charge < -0.3 is 10.3 Å². The minimum absolute atomic E-state index is 0.0986. The zero-order chi connectivity index (χ0) is 15.7. The fourth-order valence-corrected chi connectivity index (χ4v) is 2.61. The summed E-state index contributed by atoms with van der Waals surface area (Å²) in [4.78, 5) is 12.3. The smallest absolute Gasteiger partial charge is 0.274 e. The van der Waals surface area contributed by atoms with Crippen LogP contribution in [0.3, 0.4) is 0 Å². The van der Waals surface area contributed by atoms with Crippen LogP contribution in [0.2, 0.25) is 0 Å². The van der Waals surface area contributed by atoms with Gasteiger partial charge in [0.05, 0.1) is 5.69 Å². The van der Waals surface area contributed by atoms with Gasteiger partial charge in [-0.2, -0.15) is 9.61 Å². The molecule has 2 aromatic heterocycles. The van der Waals surface area contributed by atoms with Crippen LogP contribution in [0, 0.1) is 6.92 Å². The van der Waals surface area contributed by atoms with Gasteiger partial charge in [0.25, 0.3) is 5.56 Å². The van der Waals surface area contributed by atoms with Gasteiger partial charge >= 0.3 is 0 Å². The Balaban J connectivity index is 2.13. The second kappa shape index (κ2) is 5.77. The molecule has 0 aliphatic heterocycles. The van der Waals surface area contributed by atoms with Crippen molar-refractivity contribution in [1.29, 1.82) is 0 Å². The number of nitrogens with two attached hydrogens (primary N) is 1. The summed E-state index contributed by atoms with van der Waals surface area (Å²) in [5.74, 6) is 0. The van der Waals surface area contributed by atoms with Gasteiger partial charge in [-0.1, -0.05) is 29.8 Å². The maximum atomic E-state index is 12.3. The van der Waals surface area contributed by atoms with Crippen LogP contribution >= 0.6 is 0 Å². The summed E-state index contributed by atoms with van der Waals surface area (Å²) in [5, 5.41) is 4.45. The maximum Gasteiger partial charge on any atom is 0.274 e. The van der Waals surface area contributed by atoms with E-state index in [0.29, 0.717) is 6.54 Å². The van der Waals surface area contributed by atoms with E-state index in [2.05, 4.69) is 5.10 Å². The molecule has 0 amide bonds. The summed E-state index contributed by atoms with van der Waals surface area (Å²) in [5.41, 5.74) is 10.3. The van der Waals surface area contributed by atoms with Gasteiger partial charge in [0, 0.05) is 30.4 Å². The fraction of sp³-hybridized carbons (Fsp3) is 0.294. The number of hydrogen-bond donors (Lipinski definition) is 1. The molecule has 3 rings (SSSR count). The summed E-state index contributed by atoms with van der Waals surface area (Å²) < 4.78 is 3.48. The van der Waals surface area contributed by atoms with E-state index in [9.17, 15) is 4.79 Å². The summed E-state index contributed by atoms with van der Waals surface area (Å²) >= 11 is 0. The van der Waals surface area contributed by atoms with Crippen LogP contribution in [-0.4, -0.2) is 20.7 Å². The number of nitrogens with zero attached hydrogens (tertiary/aromatic N) is 3. The van der Waals surface area contributed by atoms with Crippen LogP contribution in [0.25, 0.3) is 16.9 Å². The van der Waals surface area contributed by atoms with E-state index in [4.69, 9.17) is 5.73 Å². The quantitative estimate of drug-likeness (QED) is 0.799. The molecule has 0 bridgehead atoms. The standard InChI is InChI=1S/C17H20N4O/c1-12-5-7-13(8-6-12)15-11-16-20(2)14(4-3-9-18)10-17(22)21(16)19-15/h5-8,10-11H,3-4,9,18H2,1-2H3. The third-order valence-electron chi connectivity index (χ3n) is 3.95. The lowest BCUT2D eigenvalue weighted by Gasteiger charge is -2.09. The van der Waals surface area contributed by atoms with Crippen molar-refractivity contribution in [2.45, 2.75) is 19.8 Å². The molecule has 1 aromatic carbocycles. The van der Waals surface area contributed by atoms with Crippen molar-refractivity contribution in [2.75, 3.05) is 6.54 Å². The Morgan fingerprint density at radius 1 is 1.18 bits per heavy atom. The molecular weight excluding hydrogens is 276 g/mol. The second-order valence-electron chi connectivity index (χ2n) is 5.59. The van der Waals surface area contributed by atoms with Crippen molar-refractivity contribution < 1.29 is 0 Å². The van der Waals surface area contributed by atoms with E-state index in [0.717, 1.165) is 35.4 Å². The average Bonchev–Trinajstić information content (AvgIpc) is 2.96.